The highest BCUT2D eigenvalue weighted by Crippen LogP contribution is 2.39. The summed E-state index contributed by atoms with van der Waals surface area (Å²) in [6.07, 6.45) is -0.478. The third kappa shape index (κ3) is 5.86. The Morgan fingerprint density at radius 1 is 1.03 bits per heavy atom. The summed E-state index contributed by atoms with van der Waals surface area (Å²) in [5.41, 5.74) is 4.62. The van der Waals surface area contributed by atoms with Crippen molar-refractivity contribution in [3.8, 4) is 0 Å². The number of aromatic nitrogens is 4. The van der Waals surface area contributed by atoms with Gasteiger partial charge in [0.15, 0.2) is 17.4 Å². The van der Waals surface area contributed by atoms with Crippen LogP contribution in [0.3, 0.4) is 0 Å². The van der Waals surface area contributed by atoms with E-state index in [-0.39, 0.29) is 17.1 Å². The lowest BCUT2D eigenvalue weighted by Crippen LogP contribution is -2.46. The molecule has 3 N–H and O–H groups in total. The highest BCUT2D eigenvalue weighted by molar-refractivity contribution is 5.70. The van der Waals surface area contributed by atoms with Gasteiger partial charge in [-0.25, -0.2) is 4.98 Å². The number of nitrogens with one attached hydrogen (secondary N) is 1. The Labute approximate surface area is 188 Å². The monoisotopic (exact) mass is 451 g/mol. The Morgan fingerprint density at radius 2 is 1.62 bits per heavy atom. The lowest BCUT2D eigenvalue weighted by atomic mass is 10.1. The lowest BCUT2D eigenvalue weighted by Gasteiger charge is -2.35. The molecule has 0 spiro atoms. The highest BCUT2D eigenvalue weighted by atomic mass is 16.6. The molecule has 0 unspecified atom stereocenters. The summed E-state index contributed by atoms with van der Waals surface area (Å²) in [6, 6.07) is 0. The van der Waals surface area contributed by atoms with E-state index in [9.17, 15) is 4.79 Å². The first kappa shape index (κ1) is 24.6. The van der Waals surface area contributed by atoms with Gasteiger partial charge in [-0.2, -0.15) is 4.98 Å². The molecule has 32 heavy (non-hydrogen) atoms. The summed E-state index contributed by atoms with van der Waals surface area (Å²) in [5.74, 6) is 0.00523. The quantitative estimate of drug-likeness (QED) is 0.710. The Morgan fingerprint density at radius 3 is 2.19 bits per heavy atom. The molecule has 10 nitrogen and oxygen atoms in total. The van der Waals surface area contributed by atoms with Crippen LogP contribution < -0.4 is 11.3 Å². The molecule has 0 aromatic carbocycles. The van der Waals surface area contributed by atoms with Gasteiger partial charge in [-0.15, -0.1) is 0 Å². The summed E-state index contributed by atoms with van der Waals surface area (Å²) >= 11 is 0. The molecular formula is C22H37N5O5. The number of rotatable bonds is 5. The van der Waals surface area contributed by atoms with Crippen molar-refractivity contribution in [1.82, 2.24) is 19.5 Å². The number of ether oxygens (including phenoxy) is 4. The molecule has 0 bridgehead atoms. The van der Waals surface area contributed by atoms with E-state index in [0.29, 0.717) is 12.3 Å². The van der Waals surface area contributed by atoms with Crippen molar-refractivity contribution in [2.45, 2.75) is 104 Å². The van der Waals surface area contributed by atoms with Crippen molar-refractivity contribution in [3.63, 3.8) is 0 Å². The number of hydrogen-bond donors (Lipinski definition) is 2. The molecule has 1 aliphatic heterocycles. The van der Waals surface area contributed by atoms with Crippen LogP contribution >= 0.6 is 0 Å². The van der Waals surface area contributed by atoms with E-state index in [4.69, 9.17) is 24.7 Å². The molecule has 180 valence electrons. The van der Waals surface area contributed by atoms with Gasteiger partial charge in [0.05, 0.1) is 29.7 Å². The second kappa shape index (κ2) is 8.40. The number of H-pyrrole nitrogens is 1. The predicted molar refractivity (Wildman–Crippen MR) is 121 cm³/mol. The summed E-state index contributed by atoms with van der Waals surface area (Å²) in [4.78, 5) is 23.3. The molecule has 3 heterocycles. The summed E-state index contributed by atoms with van der Waals surface area (Å²) in [7, 11) is 0. The van der Waals surface area contributed by atoms with Gasteiger partial charge in [0.25, 0.3) is 5.56 Å². The van der Waals surface area contributed by atoms with Crippen LogP contribution in [0.1, 0.15) is 68.5 Å². The number of imidazole rings is 1. The Kier molecular flexibility index (Phi) is 6.47. The van der Waals surface area contributed by atoms with Crippen molar-refractivity contribution < 1.29 is 18.9 Å². The topological polar surface area (TPSA) is 127 Å². The van der Waals surface area contributed by atoms with Crippen molar-refractivity contribution in [2.24, 2.45) is 0 Å². The Bertz CT molecular complexity index is 995. The Hall–Kier alpha value is -2.01. The van der Waals surface area contributed by atoms with Gasteiger partial charge in [0.2, 0.25) is 5.95 Å². The summed E-state index contributed by atoms with van der Waals surface area (Å²) in [5, 5.41) is 0. The van der Waals surface area contributed by atoms with Crippen LogP contribution in [-0.4, -0.2) is 61.2 Å². The lowest BCUT2D eigenvalue weighted by molar-refractivity contribution is -0.167. The first-order valence-electron chi connectivity index (χ1n) is 10.9. The molecule has 0 amide bonds. The molecule has 2 aromatic rings. The van der Waals surface area contributed by atoms with E-state index in [1.54, 1.807) is 4.57 Å². The number of aromatic amines is 1. The summed E-state index contributed by atoms with van der Waals surface area (Å²) in [6.45, 7) is 18.2. The predicted octanol–water partition coefficient (Wildman–Crippen LogP) is 2.78. The fraction of sp³-hybridized carbons (Fsp3) is 0.773. The third-order valence-electron chi connectivity index (χ3n) is 4.67. The molecule has 1 saturated heterocycles. The summed E-state index contributed by atoms with van der Waals surface area (Å²) < 4.78 is 27.1. The number of nitrogens with zero attached hydrogens (tertiary/aromatic N) is 3. The minimum atomic E-state index is -0.645. The molecule has 0 saturated carbocycles. The normalized spacial score (nSPS) is 25.0. The van der Waals surface area contributed by atoms with E-state index in [1.807, 2.05) is 62.3 Å². The second-order valence-electron chi connectivity index (χ2n) is 11.2. The average Bonchev–Trinajstić information content (AvgIpc) is 3.12. The number of hydrogen-bond acceptors (Lipinski definition) is 8. The third-order valence-corrected chi connectivity index (χ3v) is 4.67. The molecule has 4 atom stereocenters. The minimum Gasteiger partial charge on any atom is -0.373 e. The van der Waals surface area contributed by atoms with Gasteiger partial charge in [-0.05, 0) is 62.3 Å². The maximum absolute atomic E-state index is 12.3. The first-order valence-corrected chi connectivity index (χ1v) is 10.9. The van der Waals surface area contributed by atoms with E-state index < -0.39 is 41.3 Å². The van der Waals surface area contributed by atoms with Crippen molar-refractivity contribution in [3.05, 3.63) is 16.7 Å². The van der Waals surface area contributed by atoms with E-state index in [0.717, 1.165) is 0 Å². The van der Waals surface area contributed by atoms with Crippen LogP contribution in [0, 0.1) is 0 Å². The zero-order valence-corrected chi connectivity index (χ0v) is 20.6. The smallest absolute Gasteiger partial charge is 0.280 e. The minimum absolute atomic E-state index is 0.00523. The number of anilines is 1. The maximum Gasteiger partial charge on any atom is 0.280 e. The average molecular weight is 452 g/mol. The van der Waals surface area contributed by atoms with Crippen LogP contribution in [0.5, 0.6) is 0 Å². The van der Waals surface area contributed by atoms with Crippen LogP contribution in [0.25, 0.3) is 11.2 Å². The van der Waals surface area contributed by atoms with Gasteiger partial charge >= 0.3 is 0 Å². The van der Waals surface area contributed by atoms with Gasteiger partial charge in [-0.1, -0.05) is 0 Å². The van der Waals surface area contributed by atoms with Gasteiger partial charge in [0.1, 0.15) is 18.3 Å². The van der Waals surface area contributed by atoms with E-state index in [1.165, 1.54) is 6.33 Å². The van der Waals surface area contributed by atoms with Crippen molar-refractivity contribution in [1.29, 1.82) is 0 Å². The van der Waals surface area contributed by atoms with E-state index >= 15 is 0 Å². The molecule has 0 radical (unpaired) electrons. The molecular weight excluding hydrogens is 414 g/mol. The standard InChI is InChI=1S/C22H37N5O5/c1-20(2,3)29-10-12-14(31-21(4,5)6)15(32-22(7,8)9)18(30-12)27-11-24-13-16(27)25-19(23)26-17(13)28/h11-12,14-15,18H,10H2,1-9H3,(H3,23,25,26,28)/t12-,14-,15-,18-/m1/s1. The van der Waals surface area contributed by atoms with Crippen molar-refractivity contribution in [2.75, 3.05) is 12.3 Å². The molecule has 1 aliphatic rings. The van der Waals surface area contributed by atoms with E-state index in [2.05, 4.69) is 15.0 Å². The molecule has 1 fully saturated rings. The molecule has 10 heteroatoms. The zero-order chi connectivity index (χ0) is 24.1. The zero-order valence-electron chi connectivity index (χ0n) is 20.6. The molecule has 2 aromatic heterocycles. The largest absolute Gasteiger partial charge is 0.373 e. The van der Waals surface area contributed by atoms with Crippen LogP contribution in [-0.2, 0) is 18.9 Å². The van der Waals surface area contributed by atoms with Crippen LogP contribution in [0.15, 0.2) is 11.1 Å². The number of fused-ring (bicyclic) bond motifs is 1. The van der Waals surface area contributed by atoms with Crippen LogP contribution in [0.2, 0.25) is 0 Å². The highest BCUT2D eigenvalue weighted by Gasteiger charge is 2.50. The SMILES string of the molecule is CC(C)(C)OC[C@H]1O[C@@H](n2cnc3c(=O)[nH]c(N)nc32)[C@H](OC(C)(C)C)[C@@H]1OC(C)(C)C. The van der Waals surface area contributed by atoms with Crippen LogP contribution in [0.4, 0.5) is 5.95 Å². The van der Waals surface area contributed by atoms with Gasteiger partial charge in [0, 0.05) is 0 Å². The Balaban J connectivity index is 2.07. The maximum atomic E-state index is 12.3. The fourth-order valence-electron chi connectivity index (χ4n) is 3.61. The number of nitrogen functional groups attached to an aromatic ring is 1. The molecule has 0 aliphatic carbocycles. The van der Waals surface area contributed by atoms with Crippen molar-refractivity contribution >= 4 is 17.1 Å². The fourth-order valence-corrected chi connectivity index (χ4v) is 3.61. The number of nitrogens with two attached hydrogens (primary N) is 1. The molecule has 3 rings (SSSR count). The van der Waals surface area contributed by atoms with Gasteiger partial charge in [-0.3, -0.25) is 14.3 Å². The van der Waals surface area contributed by atoms with Gasteiger partial charge < -0.3 is 24.7 Å². The second-order valence-corrected chi connectivity index (χ2v) is 11.2. The first-order chi connectivity index (χ1) is 14.5.